The van der Waals surface area contributed by atoms with Gasteiger partial charge in [0.2, 0.25) is 0 Å². The monoisotopic (exact) mass is 286 g/mol. The molecular formula is C17H19ClN2. The van der Waals surface area contributed by atoms with E-state index in [1.807, 2.05) is 12.1 Å². The molecule has 0 bridgehead atoms. The van der Waals surface area contributed by atoms with Crippen molar-refractivity contribution in [3.05, 3.63) is 69.7 Å². The summed E-state index contributed by atoms with van der Waals surface area (Å²) in [6.07, 6.45) is 2.16. The first-order valence-electron chi connectivity index (χ1n) is 6.99. The summed E-state index contributed by atoms with van der Waals surface area (Å²) in [5.41, 5.74) is 8.32. The smallest absolute Gasteiger partial charge is 0.0469 e. The number of halogens is 1. The molecule has 0 aromatic heterocycles. The number of hydrogen-bond donors (Lipinski definition) is 2. The highest BCUT2D eigenvalue weighted by Gasteiger charge is 2.28. The average Bonchev–Trinajstić information content (AvgIpc) is 2.43. The van der Waals surface area contributed by atoms with Crippen LogP contribution < -0.4 is 11.3 Å². The van der Waals surface area contributed by atoms with Crippen molar-refractivity contribution in [1.82, 2.24) is 5.43 Å². The van der Waals surface area contributed by atoms with Gasteiger partial charge in [0.1, 0.15) is 0 Å². The molecule has 2 nitrogen and oxygen atoms in total. The van der Waals surface area contributed by atoms with Crippen LogP contribution in [-0.2, 0) is 6.42 Å². The Morgan fingerprint density at radius 3 is 2.85 bits per heavy atom. The molecule has 2 aromatic rings. The second-order valence-corrected chi connectivity index (χ2v) is 5.99. The summed E-state index contributed by atoms with van der Waals surface area (Å²) in [7, 11) is 0. The van der Waals surface area contributed by atoms with Crippen LogP contribution in [0, 0.1) is 6.92 Å². The molecule has 0 saturated heterocycles. The topological polar surface area (TPSA) is 38.0 Å². The lowest BCUT2D eigenvalue weighted by molar-refractivity contribution is 0.434. The van der Waals surface area contributed by atoms with Crippen molar-refractivity contribution in [2.45, 2.75) is 31.7 Å². The summed E-state index contributed by atoms with van der Waals surface area (Å²) in [4.78, 5) is 0. The van der Waals surface area contributed by atoms with Crippen molar-refractivity contribution < 1.29 is 0 Å². The Labute approximate surface area is 124 Å². The first-order valence-corrected chi connectivity index (χ1v) is 7.37. The maximum Gasteiger partial charge on any atom is 0.0469 e. The van der Waals surface area contributed by atoms with Crippen LogP contribution in [0.5, 0.6) is 0 Å². The average molecular weight is 287 g/mol. The van der Waals surface area contributed by atoms with Gasteiger partial charge in [0, 0.05) is 11.1 Å². The summed E-state index contributed by atoms with van der Waals surface area (Å²) in [6.45, 7) is 2.10. The van der Waals surface area contributed by atoms with E-state index in [1.54, 1.807) is 0 Å². The van der Waals surface area contributed by atoms with E-state index in [1.165, 1.54) is 22.3 Å². The third kappa shape index (κ3) is 2.47. The molecule has 0 saturated carbocycles. The van der Waals surface area contributed by atoms with Crippen LogP contribution in [-0.4, -0.2) is 0 Å². The molecule has 3 heteroatoms. The van der Waals surface area contributed by atoms with Crippen LogP contribution >= 0.6 is 11.6 Å². The number of fused-ring (bicyclic) bond motifs is 1. The molecule has 3 rings (SSSR count). The molecule has 0 fully saturated rings. The number of hydrazine groups is 1. The molecule has 1 aliphatic carbocycles. The van der Waals surface area contributed by atoms with Crippen LogP contribution in [0.1, 0.15) is 40.6 Å². The second-order valence-electron chi connectivity index (χ2n) is 5.56. The van der Waals surface area contributed by atoms with Crippen molar-refractivity contribution >= 4 is 11.6 Å². The molecule has 0 aliphatic heterocycles. The summed E-state index contributed by atoms with van der Waals surface area (Å²) < 4.78 is 0. The fourth-order valence-electron chi connectivity index (χ4n) is 3.13. The van der Waals surface area contributed by atoms with Gasteiger partial charge in [-0.15, -0.1) is 0 Å². The van der Waals surface area contributed by atoms with Gasteiger partial charge in [-0.3, -0.25) is 11.3 Å². The largest absolute Gasteiger partial charge is 0.271 e. The molecule has 20 heavy (non-hydrogen) atoms. The molecule has 2 aromatic carbocycles. The zero-order valence-corrected chi connectivity index (χ0v) is 12.3. The SMILES string of the molecule is Cc1ccc(Cl)cc1C(CC1Cc2ccccc21)NN. The maximum absolute atomic E-state index is 6.11. The Balaban J connectivity index is 1.80. The van der Waals surface area contributed by atoms with Crippen molar-refractivity contribution in [3.63, 3.8) is 0 Å². The fraction of sp³-hybridized carbons (Fsp3) is 0.294. The number of aryl methyl sites for hydroxylation is 1. The molecule has 104 valence electrons. The third-order valence-electron chi connectivity index (χ3n) is 4.30. The van der Waals surface area contributed by atoms with E-state index in [0.29, 0.717) is 5.92 Å². The predicted molar refractivity (Wildman–Crippen MR) is 83.8 cm³/mol. The lowest BCUT2D eigenvalue weighted by atomic mass is 9.73. The van der Waals surface area contributed by atoms with Crippen molar-refractivity contribution in [2.24, 2.45) is 5.84 Å². The minimum Gasteiger partial charge on any atom is -0.271 e. The highest BCUT2D eigenvalue weighted by Crippen LogP contribution is 2.41. The number of nitrogens with one attached hydrogen (secondary N) is 1. The van der Waals surface area contributed by atoms with Gasteiger partial charge in [0.15, 0.2) is 0 Å². The standard InChI is InChI=1S/C17H19ClN2/c1-11-6-7-14(18)10-16(11)17(20-19)9-13-8-12-4-2-3-5-15(12)13/h2-7,10,13,17,20H,8-9,19H2,1H3. The summed E-state index contributed by atoms with van der Waals surface area (Å²) in [5, 5.41) is 0.764. The van der Waals surface area contributed by atoms with E-state index in [9.17, 15) is 0 Å². The van der Waals surface area contributed by atoms with Crippen LogP contribution in [0.4, 0.5) is 0 Å². The van der Waals surface area contributed by atoms with Crippen LogP contribution in [0.25, 0.3) is 0 Å². The Morgan fingerprint density at radius 2 is 2.10 bits per heavy atom. The van der Waals surface area contributed by atoms with Crippen molar-refractivity contribution in [2.75, 3.05) is 0 Å². The Bertz CT molecular complexity index is 624. The predicted octanol–water partition coefficient (Wildman–Crippen LogP) is 3.88. The minimum absolute atomic E-state index is 0.145. The molecule has 0 radical (unpaired) electrons. The maximum atomic E-state index is 6.11. The van der Waals surface area contributed by atoms with Crippen molar-refractivity contribution in [1.29, 1.82) is 0 Å². The third-order valence-corrected chi connectivity index (χ3v) is 4.53. The molecule has 2 atom stereocenters. The van der Waals surface area contributed by atoms with E-state index >= 15 is 0 Å². The van der Waals surface area contributed by atoms with Crippen LogP contribution in [0.2, 0.25) is 5.02 Å². The summed E-state index contributed by atoms with van der Waals surface area (Å²) >= 11 is 6.11. The molecule has 0 spiro atoms. The Hall–Kier alpha value is -1.35. The van der Waals surface area contributed by atoms with Gasteiger partial charge >= 0.3 is 0 Å². The molecular weight excluding hydrogens is 268 g/mol. The number of benzene rings is 2. The molecule has 0 heterocycles. The molecule has 0 amide bonds. The van der Waals surface area contributed by atoms with E-state index in [-0.39, 0.29) is 6.04 Å². The number of rotatable bonds is 4. The quantitative estimate of drug-likeness (QED) is 0.661. The van der Waals surface area contributed by atoms with Gasteiger partial charge in [-0.25, -0.2) is 0 Å². The Kier molecular flexibility index (Phi) is 3.79. The minimum atomic E-state index is 0.145. The lowest BCUT2D eigenvalue weighted by Crippen LogP contribution is -2.32. The van der Waals surface area contributed by atoms with Gasteiger partial charge in [-0.2, -0.15) is 0 Å². The van der Waals surface area contributed by atoms with Gasteiger partial charge in [0.25, 0.3) is 0 Å². The fourth-order valence-corrected chi connectivity index (χ4v) is 3.31. The van der Waals surface area contributed by atoms with Gasteiger partial charge in [0.05, 0.1) is 0 Å². The van der Waals surface area contributed by atoms with Crippen LogP contribution in [0.15, 0.2) is 42.5 Å². The lowest BCUT2D eigenvalue weighted by Gasteiger charge is -2.33. The van der Waals surface area contributed by atoms with E-state index in [4.69, 9.17) is 17.4 Å². The second kappa shape index (κ2) is 5.57. The Morgan fingerprint density at radius 1 is 1.30 bits per heavy atom. The zero-order chi connectivity index (χ0) is 14.1. The first kappa shape index (κ1) is 13.6. The molecule has 3 N–H and O–H groups in total. The molecule has 1 aliphatic rings. The van der Waals surface area contributed by atoms with Crippen LogP contribution in [0.3, 0.4) is 0 Å². The zero-order valence-electron chi connectivity index (χ0n) is 11.6. The summed E-state index contributed by atoms with van der Waals surface area (Å²) in [5.74, 6) is 6.37. The van der Waals surface area contributed by atoms with E-state index in [0.717, 1.165) is 17.9 Å². The normalized spacial score (nSPS) is 18.2. The number of hydrogen-bond acceptors (Lipinski definition) is 2. The highest BCUT2D eigenvalue weighted by molar-refractivity contribution is 6.30. The molecule has 2 unspecified atom stereocenters. The number of nitrogens with two attached hydrogens (primary N) is 1. The summed E-state index contributed by atoms with van der Waals surface area (Å²) in [6, 6.07) is 14.8. The van der Waals surface area contributed by atoms with E-state index < -0.39 is 0 Å². The van der Waals surface area contributed by atoms with E-state index in [2.05, 4.69) is 42.7 Å². The van der Waals surface area contributed by atoms with Gasteiger partial charge < -0.3 is 0 Å². The first-order chi connectivity index (χ1) is 9.69. The van der Waals surface area contributed by atoms with Gasteiger partial charge in [-0.05, 0) is 60.1 Å². The highest BCUT2D eigenvalue weighted by atomic mass is 35.5. The van der Waals surface area contributed by atoms with Gasteiger partial charge in [-0.1, -0.05) is 41.9 Å². The van der Waals surface area contributed by atoms with Crippen molar-refractivity contribution in [3.8, 4) is 0 Å².